The molecule has 1 N–H and O–H groups in total. The van der Waals surface area contributed by atoms with Crippen LogP contribution < -0.4 is 5.32 Å². The molecule has 11 heavy (non-hydrogen) atoms. The minimum Gasteiger partial charge on any atom is -0.315 e. The number of thioether (sulfide) groups is 1. The zero-order valence-corrected chi connectivity index (χ0v) is 8.28. The molecule has 0 radical (unpaired) electrons. The highest BCUT2D eigenvalue weighted by Gasteiger charge is 2.12. The molecule has 1 heterocycles. The second kappa shape index (κ2) is 5.01. The summed E-state index contributed by atoms with van der Waals surface area (Å²) in [5.74, 6) is 1.29. The van der Waals surface area contributed by atoms with Gasteiger partial charge in [0.05, 0.1) is 0 Å². The summed E-state index contributed by atoms with van der Waals surface area (Å²) < 4.78 is 0. The summed E-state index contributed by atoms with van der Waals surface area (Å²) in [6, 6.07) is 0. The van der Waals surface area contributed by atoms with Crippen LogP contribution in [0.3, 0.4) is 0 Å². The molecule has 1 atom stereocenters. The van der Waals surface area contributed by atoms with Gasteiger partial charge in [0.1, 0.15) is 0 Å². The molecule has 0 spiro atoms. The molecule has 0 amide bonds. The molecule has 2 nitrogen and oxygen atoms in total. The quantitative estimate of drug-likeness (QED) is 0.676. The van der Waals surface area contributed by atoms with Crippen molar-refractivity contribution in [3.8, 4) is 0 Å². The van der Waals surface area contributed by atoms with Crippen molar-refractivity contribution in [1.29, 1.82) is 0 Å². The third-order valence-corrected chi connectivity index (χ3v) is 3.22. The maximum Gasteiger partial charge on any atom is 0.0185 e. The molecule has 1 rings (SSSR count). The molecule has 0 aromatic rings. The van der Waals surface area contributed by atoms with Crippen LogP contribution in [0.1, 0.15) is 6.42 Å². The molecule has 1 aliphatic heterocycles. The monoisotopic (exact) mass is 174 g/mol. The summed E-state index contributed by atoms with van der Waals surface area (Å²) in [6.07, 6.45) is 1.32. The first-order chi connectivity index (χ1) is 5.29. The topological polar surface area (TPSA) is 15.3 Å². The Morgan fingerprint density at radius 1 is 1.55 bits per heavy atom. The molecule has 3 heteroatoms. The maximum absolute atomic E-state index is 3.42. The van der Waals surface area contributed by atoms with E-state index in [-0.39, 0.29) is 0 Å². The summed E-state index contributed by atoms with van der Waals surface area (Å²) in [4.78, 5) is 2.26. The lowest BCUT2D eigenvalue weighted by Crippen LogP contribution is -2.34. The van der Waals surface area contributed by atoms with Crippen LogP contribution in [0.2, 0.25) is 0 Å². The molecule has 0 aromatic heterocycles. The van der Waals surface area contributed by atoms with Gasteiger partial charge in [-0.1, -0.05) is 0 Å². The van der Waals surface area contributed by atoms with Gasteiger partial charge in [0.25, 0.3) is 0 Å². The van der Waals surface area contributed by atoms with Gasteiger partial charge in [0.2, 0.25) is 0 Å². The largest absolute Gasteiger partial charge is 0.315 e. The van der Waals surface area contributed by atoms with Crippen LogP contribution in [0.15, 0.2) is 0 Å². The summed E-state index contributed by atoms with van der Waals surface area (Å²) in [5, 5.41) is 4.27. The van der Waals surface area contributed by atoms with Gasteiger partial charge in [-0.2, -0.15) is 11.8 Å². The Morgan fingerprint density at radius 2 is 2.36 bits per heavy atom. The Morgan fingerprint density at radius 3 is 2.91 bits per heavy atom. The summed E-state index contributed by atoms with van der Waals surface area (Å²) in [7, 11) is 4.28. The van der Waals surface area contributed by atoms with E-state index in [0.29, 0.717) is 0 Å². The molecule has 0 saturated carbocycles. The van der Waals surface area contributed by atoms with Crippen LogP contribution in [-0.4, -0.2) is 49.6 Å². The third-order valence-electron chi connectivity index (χ3n) is 1.90. The normalized spacial score (nSPS) is 25.9. The minimum absolute atomic E-state index is 0.853. The van der Waals surface area contributed by atoms with Crippen molar-refractivity contribution in [3.63, 3.8) is 0 Å². The van der Waals surface area contributed by atoms with Gasteiger partial charge in [-0.25, -0.2) is 0 Å². The van der Waals surface area contributed by atoms with E-state index in [2.05, 4.69) is 36.1 Å². The van der Waals surface area contributed by atoms with Gasteiger partial charge in [-0.3, -0.25) is 0 Å². The molecule has 1 aliphatic rings. The Balaban J connectivity index is 2.05. The van der Waals surface area contributed by atoms with E-state index in [4.69, 9.17) is 0 Å². The Hall–Kier alpha value is 0.270. The van der Waals surface area contributed by atoms with Gasteiger partial charge >= 0.3 is 0 Å². The Labute approximate surface area is 73.7 Å². The van der Waals surface area contributed by atoms with Gasteiger partial charge in [-0.05, 0) is 27.1 Å². The van der Waals surface area contributed by atoms with Crippen molar-refractivity contribution in [2.75, 3.05) is 39.5 Å². The maximum atomic E-state index is 3.42. The fraction of sp³-hybridized carbons (Fsp3) is 1.00. The molecule has 0 aliphatic carbocycles. The average Bonchev–Trinajstić information content (AvgIpc) is 2.03. The molecule has 1 fully saturated rings. The zero-order chi connectivity index (χ0) is 8.10. The van der Waals surface area contributed by atoms with Crippen molar-refractivity contribution in [2.45, 2.75) is 11.7 Å². The number of rotatable bonds is 3. The third kappa shape index (κ3) is 3.99. The summed E-state index contributed by atoms with van der Waals surface area (Å²) in [5.41, 5.74) is 0. The fourth-order valence-electron chi connectivity index (χ4n) is 1.21. The second-order valence-electron chi connectivity index (χ2n) is 3.29. The second-order valence-corrected chi connectivity index (χ2v) is 4.70. The zero-order valence-electron chi connectivity index (χ0n) is 7.47. The van der Waals surface area contributed by atoms with Crippen LogP contribution in [-0.2, 0) is 0 Å². The van der Waals surface area contributed by atoms with Crippen LogP contribution in [0, 0.1) is 0 Å². The van der Waals surface area contributed by atoms with Crippen molar-refractivity contribution in [1.82, 2.24) is 10.2 Å². The Bertz CT molecular complexity index is 100. The molecule has 1 saturated heterocycles. The number of hydrogen-bond acceptors (Lipinski definition) is 3. The van der Waals surface area contributed by atoms with Crippen molar-refractivity contribution < 1.29 is 0 Å². The molecule has 66 valence electrons. The van der Waals surface area contributed by atoms with Crippen molar-refractivity contribution in [2.24, 2.45) is 0 Å². The molecule has 1 unspecified atom stereocenters. The highest BCUT2D eigenvalue weighted by atomic mass is 32.2. The van der Waals surface area contributed by atoms with Crippen molar-refractivity contribution in [3.05, 3.63) is 0 Å². The van der Waals surface area contributed by atoms with Gasteiger partial charge in [0, 0.05) is 24.1 Å². The lowest BCUT2D eigenvalue weighted by molar-refractivity contribution is 0.394. The lowest BCUT2D eigenvalue weighted by atomic mass is 10.3. The van der Waals surface area contributed by atoms with Crippen LogP contribution in [0.5, 0.6) is 0 Å². The van der Waals surface area contributed by atoms with Crippen molar-refractivity contribution >= 4 is 11.8 Å². The van der Waals surface area contributed by atoms with E-state index < -0.39 is 0 Å². The van der Waals surface area contributed by atoms with E-state index in [1.807, 2.05) is 0 Å². The number of nitrogens with one attached hydrogen (secondary N) is 1. The van der Waals surface area contributed by atoms with Gasteiger partial charge in [0.15, 0.2) is 0 Å². The predicted molar refractivity (Wildman–Crippen MR) is 52.3 cm³/mol. The fourth-order valence-corrected chi connectivity index (χ4v) is 2.31. The van der Waals surface area contributed by atoms with Crippen LogP contribution in [0.4, 0.5) is 0 Å². The van der Waals surface area contributed by atoms with E-state index in [9.17, 15) is 0 Å². The average molecular weight is 174 g/mol. The summed E-state index contributed by atoms with van der Waals surface area (Å²) in [6.45, 7) is 3.63. The molecular formula is C8H18N2S. The van der Waals surface area contributed by atoms with Gasteiger partial charge in [-0.15, -0.1) is 0 Å². The van der Waals surface area contributed by atoms with E-state index >= 15 is 0 Å². The first-order valence-electron chi connectivity index (χ1n) is 4.26. The Kier molecular flexibility index (Phi) is 4.26. The molecule has 0 aromatic carbocycles. The summed E-state index contributed by atoms with van der Waals surface area (Å²) >= 11 is 2.12. The minimum atomic E-state index is 0.853. The first kappa shape index (κ1) is 9.36. The van der Waals surface area contributed by atoms with E-state index in [1.165, 1.54) is 31.8 Å². The van der Waals surface area contributed by atoms with E-state index in [0.717, 1.165) is 5.25 Å². The number of nitrogens with zero attached hydrogens (tertiary/aromatic N) is 1. The highest BCUT2D eigenvalue weighted by Crippen LogP contribution is 2.16. The SMILES string of the molecule is CN(C)CCC1CNCCS1. The first-order valence-corrected chi connectivity index (χ1v) is 5.31. The lowest BCUT2D eigenvalue weighted by Gasteiger charge is -2.23. The van der Waals surface area contributed by atoms with Gasteiger partial charge < -0.3 is 10.2 Å². The number of hydrogen-bond donors (Lipinski definition) is 1. The molecule has 0 bridgehead atoms. The van der Waals surface area contributed by atoms with Crippen LogP contribution in [0.25, 0.3) is 0 Å². The smallest absolute Gasteiger partial charge is 0.0185 e. The predicted octanol–water partition coefficient (Wildman–Crippen LogP) is 0.643. The van der Waals surface area contributed by atoms with E-state index in [1.54, 1.807) is 0 Å². The van der Waals surface area contributed by atoms with Crippen LogP contribution >= 0.6 is 11.8 Å². The highest BCUT2D eigenvalue weighted by molar-refractivity contribution is 8.00. The standard InChI is InChI=1S/C8H18N2S/c1-10(2)5-3-8-7-9-4-6-11-8/h8-9H,3-7H2,1-2H3. The molecular weight excluding hydrogens is 156 g/mol.